The molecule has 1 unspecified atom stereocenters. The second-order valence-corrected chi connectivity index (χ2v) is 3.68. The molecule has 8 nitrogen and oxygen atoms in total. The molecule has 92 valence electrons. The van der Waals surface area contributed by atoms with Gasteiger partial charge in [0, 0.05) is 6.54 Å². The summed E-state index contributed by atoms with van der Waals surface area (Å²) >= 11 is 0. The number of hydrogen-bond acceptors (Lipinski definition) is 7. The van der Waals surface area contributed by atoms with Gasteiger partial charge in [-0.05, 0) is 0 Å². The van der Waals surface area contributed by atoms with Crippen LogP contribution in [0.15, 0.2) is 12.7 Å². The van der Waals surface area contributed by atoms with Crippen LogP contribution in [0.4, 0.5) is 5.82 Å². The van der Waals surface area contributed by atoms with Crippen LogP contribution in [0.1, 0.15) is 0 Å². The number of nitrogen functional groups attached to an aromatic ring is 1. The van der Waals surface area contributed by atoms with Crippen molar-refractivity contribution in [2.45, 2.75) is 12.8 Å². The topological polar surface area (TPSA) is 130 Å². The van der Waals surface area contributed by atoms with E-state index in [1.165, 1.54) is 12.7 Å². The highest BCUT2D eigenvalue weighted by atomic mass is 16.5. The minimum absolute atomic E-state index is 0.182. The maximum Gasteiger partial charge on any atom is 0.165 e. The van der Waals surface area contributed by atoms with E-state index >= 15 is 0 Å². The standard InChI is InChI=1S/C9H13N5O3/c10-7-6-8(12-3-11-7)14(4-13-6)1-5(2-15)9(16)17/h3-5,9,15-17H,1-2H2,(H2,10,11,12). The lowest BCUT2D eigenvalue weighted by molar-refractivity contribution is -0.100. The van der Waals surface area contributed by atoms with E-state index in [-0.39, 0.29) is 19.0 Å². The van der Waals surface area contributed by atoms with Gasteiger partial charge in [-0.15, -0.1) is 0 Å². The van der Waals surface area contributed by atoms with Crippen LogP contribution in [-0.2, 0) is 6.54 Å². The van der Waals surface area contributed by atoms with Gasteiger partial charge in [-0.1, -0.05) is 0 Å². The van der Waals surface area contributed by atoms with Gasteiger partial charge in [-0.25, -0.2) is 15.0 Å². The Hall–Kier alpha value is -1.77. The van der Waals surface area contributed by atoms with Crippen molar-refractivity contribution in [1.82, 2.24) is 19.5 Å². The molecule has 0 fully saturated rings. The van der Waals surface area contributed by atoms with Crippen LogP contribution in [0.2, 0.25) is 0 Å². The lowest BCUT2D eigenvalue weighted by atomic mass is 10.1. The highest BCUT2D eigenvalue weighted by molar-refractivity contribution is 5.81. The van der Waals surface area contributed by atoms with Gasteiger partial charge in [0.25, 0.3) is 0 Å². The number of imidazole rings is 1. The molecule has 17 heavy (non-hydrogen) atoms. The number of aromatic nitrogens is 4. The molecule has 2 heterocycles. The average Bonchev–Trinajstić information content (AvgIpc) is 2.70. The fourth-order valence-corrected chi connectivity index (χ4v) is 1.53. The minimum atomic E-state index is -1.60. The van der Waals surface area contributed by atoms with Crippen LogP contribution in [0, 0.1) is 5.92 Å². The van der Waals surface area contributed by atoms with Gasteiger partial charge < -0.3 is 25.6 Å². The van der Waals surface area contributed by atoms with Crippen LogP contribution in [0.3, 0.4) is 0 Å². The molecule has 5 N–H and O–H groups in total. The van der Waals surface area contributed by atoms with Gasteiger partial charge in [-0.3, -0.25) is 0 Å². The number of fused-ring (bicyclic) bond motifs is 1. The minimum Gasteiger partial charge on any atom is -0.396 e. The van der Waals surface area contributed by atoms with Crippen LogP contribution in [0.25, 0.3) is 11.2 Å². The Morgan fingerprint density at radius 2 is 2.06 bits per heavy atom. The Bertz CT molecular complexity index is 512. The summed E-state index contributed by atoms with van der Waals surface area (Å²) in [5, 5.41) is 27.1. The molecule has 0 aliphatic carbocycles. The van der Waals surface area contributed by atoms with Gasteiger partial charge in [0.2, 0.25) is 0 Å². The zero-order valence-corrected chi connectivity index (χ0v) is 8.93. The quantitative estimate of drug-likeness (QED) is 0.469. The zero-order chi connectivity index (χ0) is 12.4. The van der Waals surface area contributed by atoms with E-state index in [4.69, 9.17) is 21.1 Å². The molecule has 0 spiro atoms. The van der Waals surface area contributed by atoms with Crippen molar-refractivity contribution in [2.75, 3.05) is 12.3 Å². The third-order valence-corrected chi connectivity index (χ3v) is 2.52. The summed E-state index contributed by atoms with van der Waals surface area (Å²) in [5.74, 6) is -0.442. The predicted octanol–water partition coefficient (Wildman–Crippen LogP) is -1.67. The fourth-order valence-electron chi connectivity index (χ4n) is 1.53. The molecule has 0 amide bonds. The van der Waals surface area contributed by atoms with E-state index in [2.05, 4.69) is 15.0 Å². The van der Waals surface area contributed by atoms with Crippen molar-refractivity contribution < 1.29 is 15.3 Å². The van der Waals surface area contributed by atoms with E-state index in [1.807, 2.05) is 0 Å². The zero-order valence-electron chi connectivity index (χ0n) is 8.93. The lowest BCUT2D eigenvalue weighted by Crippen LogP contribution is -2.27. The van der Waals surface area contributed by atoms with Crippen LogP contribution in [-0.4, -0.2) is 47.7 Å². The highest BCUT2D eigenvalue weighted by Crippen LogP contribution is 2.16. The summed E-state index contributed by atoms with van der Waals surface area (Å²) < 4.78 is 1.59. The van der Waals surface area contributed by atoms with Gasteiger partial charge in [0.05, 0.1) is 18.9 Å². The van der Waals surface area contributed by atoms with Crippen molar-refractivity contribution in [3.05, 3.63) is 12.7 Å². The molecule has 0 saturated carbocycles. The van der Waals surface area contributed by atoms with E-state index < -0.39 is 12.2 Å². The van der Waals surface area contributed by atoms with Gasteiger partial charge in [0.15, 0.2) is 17.8 Å². The van der Waals surface area contributed by atoms with Crippen LogP contribution >= 0.6 is 0 Å². The molecule has 8 heteroatoms. The number of aliphatic hydroxyl groups excluding tert-OH is 2. The van der Waals surface area contributed by atoms with E-state index in [1.54, 1.807) is 4.57 Å². The molecule has 2 rings (SSSR count). The van der Waals surface area contributed by atoms with E-state index in [0.717, 1.165) is 0 Å². The van der Waals surface area contributed by atoms with E-state index in [0.29, 0.717) is 11.2 Å². The number of rotatable bonds is 4. The summed E-state index contributed by atoms with van der Waals surface area (Å²) in [5.41, 5.74) is 6.57. The third kappa shape index (κ3) is 2.18. The largest absolute Gasteiger partial charge is 0.396 e. The Kier molecular flexibility index (Phi) is 3.18. The molecule has 0 saturated heterocycles. The summed E-state index contributed by atoms with van der Waals surface area (Å²) in [4.78, 5) is 11.8. The molecule has 0 aromatic carbocycles. The summed E-state index contributed by atoms with van der Waals surface area (Å²) in [6.45, 7) is -0.168. The summed E-state index contributed by atoms with van der Waals surface area (Å²) in [7, 11) is 0. The number of nitrogens with zero attached hydrogens (tertiary/aromatic N) is 4. The SMILES string of the molecule is Nc1ncnc2c1ncn2CC(CO)C(O)O. The monoisotopic (exact) mass is 239 g/mol. The molecule has 0 aliphatic heterocycles. The molecule has 0 bridgehead atoms. The second kappa shape index (κ2) is 4.62. The molecule has 1 atom stereocenters. The first-order chi connectivity index (χ1) is 8.13. The van der Waals surface area contributed by atoms with Crippen LogP contribution < -0.4 is 5.73 Å². The Morgan fingerprint density at radius 3 is 2.71 bits per heavy atom. The normalized spacial score (nSPS) is 13.4. The van der Waals surface area contributed by atoms with Crippen molar-refractivity contribution in [3.8, 4) is 0 Å². The first-order valence-electron chi connectivity index (χ1n) is 5.01. The highest BCUT2D eigenvalue weighted by Gasteiger charge is 2.18. The van der Waals surface area contributed by atoms with E-state index in [9.17, 15) is 0 Å². The Labute approximate surface area is 96.4 Å². The van der Waals surface area contributed by atoms with Gasteiger partial charge >= 0.3 is 0 Å². The number of aliphatic hydroxyl groups is 3. The number of hydrogen-bond donors (Lipinski definition) is 4. The maximum atomic E-state index is 9.04. The van der Waals surface area contributed by atoms with Crippen molar-refractivity contribution in [3.63, 3.8) is 0 Å². The Morgan fingerprint density at radius 1 is 1.29 bits per heavy atom. The van der Waals surface area contributed by atoms with Gasteiger partial charge in [-0.2, -0.15) is 0 Å². The summed E-state index contributed by atoms with van der Waals surface area (Å²) in [6.07, 6.45) is 1.18. The molecule has 2 aromatic rings. The van der Waals surface area contributed by atoms with Crippen molar-refractivity contribution >= 4 is 17.0 Å². The second-order valence-electron chi connectivity index (χ2n) is 3.68. The van der Waals surface area contributed by atoms with Gasteiger partial charge in [0.1, 0.15) is 11.8 Å². The molecule has 2 aromatic heterocycles. The first kappa shape index (κ1) is 11.7. The number of nitrogens with two attached hydrogens (primary N) is 1. The smallest absolute Gasteiger partial charge is 0.165 e. The molecule has 0 radical (unpaired) electrons. The van der Waals surface area contributed by atoms with Crippen LogP contribution in [0.5, 0.6) is 0 Å². The number of anilines is 1. The first-order valence-corrected chi connectivity index (χ1v) is 5.01. The predicted molar refractivity (Wildman–Crippen MR) is 58.5 cm³/mol. The molecular weight excluding hydrogens is 226 g/mol. The maximum absolute atomic E-state index is 9.04. The molecular formula is C9H13N5O3. The summed E-state index contributed by atoms with van der Waals surface area (Å²) in [6, 6.07) is 0. The third-order valence-electron chi connectivity index (χ3n) is 2.52. The fraction of sp³-hybridized carbons (Fsp3) is 0.444. The average molecular weight is 239 g/mol. The van der Waals surface area contributed by atoms with Crippen molar-refractivity contribution in [2.24, 2.45) is 5.92 Å². The molecule has 0 aliphatic rings. The Balaban J connectivity index is 2.33. The van der Waals surface area contributed by atoms with Crippen molar-refractivity contribution in [1.29, 1.82) is 0 Å². The lowest BCUT2D eigenvalue weighted by Gasteiger charge is -2.16.